The van der Waals surface area contributed by atoms with Crippen molar-refractivity contribution in [2.75, 3.05) is 57.2 Å². The number of para-hydroxylation sites is 1. The number of methoxy groups -OCH3 is 2. The summed E-state index contributed by atoms with van der Waals surface area (Å²) in [5, 5.41) is 3.67. The fourth-order valence-electron chi connectivity index (χ4n) is 3.16. The van der Waals surface area contributed by atoms with Gasteiger partial charge >= 0.3 is 0 Å². The molecule has 0 spiro atoms. The standard InChI is InChI=1S/C20H24ClN3O3/c1-26-15-7-8-19(27-2)17(13-15)22-20(25)14-23-9-11-24(12-10-23)18-6-4-3-5-16(18)21/h3-8,13H,9-12,14H2,1-2H3,(H,22,25). The van der Waals surface area contributed by atoms with Crippen LogP contribution in [0, 0.1) is 0 Å². The molecule has 0 atom stereocenters. The molecule has 2 aromatic rings. The van der Waals surface area contributed by atoms with E-state index in [1.165, 1.54) is 0 Å². The van der Waals surface area contributed by atoms with Gasteiger partial charge in [0.2, 0.25) is 5.91 Å². The van der Waals surface area contributed by atoms with E-state index in [1.807, 2.05) is 24.3 Å². The molecule has 0 saturated carbocycles. The van der Waals surface area contributed by atoms with Gasteiger partial charge < -0.3 is 19.7 Å². The van der Waals surface area contributed by atoms with E-state index < -0.39 is 0 Å². The van der Waals surface area contributed by atoms with E-state index in [1.54, 1.807) is 32.4 Å². The average Bonchev–Trinajstić information content (AvgIpc) is 2.69. The first kappa shape index (κ1) is 19.3. The lowest BCUT2D eigenvalue weighted by Gasteiger charge is -2.36. The smallest absolute Gasteiger partial charge is 0.238 e. The van der Waals surface area contributed by atoms with Gasteiger partial charge in [0.05, 0.1) is 37.2 Å². The molecule has 7 heteroatoms. The van der Waals surface area contributed by atoms with Gasteiger partial charge in [0.1, 0.15) is 11.5 Å². The third-order valence-corrected chi connectivity index (χ3v) is 4.93. The zero-order valence-corrected chi connectivity index (χ0v) is 16.3. The lowest BCUT2D eigenvalue weighted by atomic mass is 10.2. The summed E-state index contributed by atoms with van der Waals surface area (Å²) in [6.07, 6.45) is 0. The Hall–Kier alpha value is -2.44. The molecule has 2 aromatic carbocycles. The number of carbonyl (C=O) groups is 1. The molecule has 1 amide bonds. The van der Waals surface area contributed by atoms with E-state index in [0.717, 1.165) is 36.9 Å². The maximum Gasteiger partial charge on any atom is 0.238 e. The highest BCUT2D eigenvalue weighted by Gasteiger charge is 2.21. The molecule has 0 unspecified atom stereocenters. The predicted octanol–water partition coefficient (Wildman–Crippen LogP) is 3.12. The first-order chi connectivity index (χ1) is 13.1. The number of carbonyl (C=O) groups excluding carboxylic acids is 1. The molecule has 3 rings (SSSR count). The van der Waals surface area contributed by atoms with Crippen molar-refractivity contribution in [1.29, 1.82) is 0 Å². The number of piperazine rings is 1. The molecular formula is C20H24ClN3O3. The number of halogens is 1. The minimum atomic E-state index is -0.0762. The number of hydrogen-bond acceptors (Lipinski definition) is 5. The number of benzene rings is 2. The first-order valence-electron chi connectivity index (χ1n) is 8.84. The van der Waals surface area contributed by atoms with Crippen LogP contribution in [0.15, 0.2) is 42.5 Å². The summed E-state index contributed by atoms with van der Waals surface area (Å²) in [5.74, 6) is 1.19. The van der Waals surface area contributed by atoms with Crippen molar-refractivity contribution in [1.82, 2.24) is 4.90 Å². The Balaban J connectivity index is 1.55. The van der Waals surface area contributed by atoms with Gasteiger partial charge in [-0.2, -0.15) is 0 Å². The molecule has 0 bridgehead atoms. The molecule has 0 radical (unpaired) electrons. The molecule has 0 aromatic heterocycles. The summed E-state index contributed by atoms with van der Waals surface area (Å²) >= 11 is 6.28. The molecule has 1 fully saturated rings. The van der Waals surface area contributed by atoms with Crippen LogP contribution in [0.2, 0.25) is 5.02 Å². The number of amides is 1. The topological polar surface area (TPSA) is 54.0 Å². The molecule has 1 aliphatic rings. The van der Waals surface area contributed by atoms with E-state index in [9.17, 15) is 4.79 Å². The summed E-state index contributed by atoms with van der Waals surface area (Å²) in [5.41, 5.74) is 1.65. The van der Waals surface area contributed by atoms with Crippen molar-refractivity contribution >= 4 is 28.9 Å². The summed E-state index contributed by atoms with van der Waals surface area (Å²) in [4.78, 5) is 16.9. The van der Waals surface area contributed by atoms with Crippen LogP contribution >= 0.6 is 11.6 Å². The fourth-order valence-corrected chi connectivity index (χ4v) is 3.41. The Labute approximate surface area is 164 Å². The average molecular weight is 390 g/mol. The number of hydrogen-bond donors (Lipinski definition) is 1. The Morgan fingerprint density at radius 3 is 2.48 bits per heavy atom. The van der Waals surface area contributed by atoms with Crippen LogP contribution < -0.4 is 19.7 Å². The van der Waals surface area contributed by atoms with E-state index in [4.69, 9.17) is 21.1 Å². The van der Waals surface area contributed by atoms with Crippen molar-refractivity contribution in [3.05, 3.63) is 47.5 Å². The lowest BCUT2D eigenvalue weighted by Crippen LogP contribution is -2.48. The third kappa shape index (κ3) is 4.84. The highest BCUT2D eigenvalue weighted by atomic mass is 35.5. The van der Waals surface area contributed by atoms with Crippen LogP contribution in [0.5, 0.6) is 11.5 Å². The van der Waals surface area contributed by atoms with Gasteiger partial charge in [-0.05, 0) is 24.3 Å². The van der Waals surface area contributed by atoms with Crippen LogP contribution in [0.1, 0.15) is 0 Å². The number of nitrogens with one attached hydrogen (secondary N) is 1. The predicted molar refractivity (Wildman–Crippen MR) is 108 cm³/mol. The Morgan fingerprint density at radius 2 is 1.81 bits per heavy atom. The molecule has 1 aliphatic heterocycles. The van der Waals surface area contributed by atoms with E-state index in [0.29, 0.717) is 23.7 Å². The van der Waals surface area contributed by atoms with Crippen LogP contribution in [0.3, 0.4) is 0 Å². The molecule has 6 nitrogen and oxygen atoms in total. The molecule has 27 heavy (non-hydrogen) atoms. The highest BCUT2D eigenvalue weighted by molar-refractivity contribution is 6.33. The van der Waals surface area contributed by atoms with Crippen LogP contribution in [-0.4, -0.2) is 57.8 Å². The van der Waals surface area contributed by atoms with Gasteiger partial charge in [0.15, 0.2) is 0 Å². The van der Waals surface area contributed by atoms with Crippen molar-refractivity contribution in [3.63, 3.8) is 0 Å². The minimum absolute atomic E-state index is 0.0762. The molecule has 1 N–H and O–H groups in total. The second-order valence-corrected chi connectivity index (χ2v) is 6.74. The van der Waals surface area contributed by atoms with Crippen LogP contribution in [0.25, 0.3) is 0 Å². The summed E-state index contributed by atoms with van der Waals surface area (Å²) in [7, 11) is 3.16. The molecule has 144 valence electrons. The fraction of sp³-hybridized carbons (Fsp3) is 0.350. The van der Waals surface area contributed by atoms with Crippen molar-refractivity contribution in [2.45, 2.75) is 0 Å². The van der Waals surface area contributed by atoms with Gasteiger partial charge in [-0.1, -0.05) is 23.7 Å². The third-order valence-electron chi connectivity index (χ3n) is 4.61. The molecule has 0 aliphatic carbocycles. The summed E-state index contributed by atoms with van der Waals surface area (Å²) in [6, 6.07) is 13.2. The maximum atomic E-state index is 12.5. The largest absolute Gasteiger partial charge is 0.497 e. The number of anilines is 2. The first-order valence-corrected chi connectivity index (χ1v) is 9.22. The van der Waals surface area contributed by atoms with Gasteiger partial charge in [-0.25, -0.2) is 0 Å². The van der Waals surface area contributed by atoms with E-state index >= 15 is 0 Å². The number of rotatable bonds is 6. The van der Waals surface area contributed by atoms with Gasteiger partial charge in [0, 0.05) is 32.2 Å². The summed E-state index contributed by atoms with van der Waals surface area (Å²) in [6.45, 7) is 3.59. The molecule has 1 saturated heterocycles. The van der Waals surface area contributed by atoms with Crippen LogP contribution in [0.4, 0.5) is 11.4 Å². The Bertz CT molecular complexity index is 792. The second-order valence-electron chi connectivity index (χ2n) is 6.33. The number of ether oxygens (including phenoxy) is 2. The van der Waals surface area contributed by atoms with Crippen molar-refractivity contribution < 1.29 is 14.3 Å². The summed E-state index contributed by atoms with van der Waals surface area (Å²) < 4.78 is 10.5. The second kappa shape index (κ2) is 8.97. The quantitative estimate of drug-likeness (QED) is 0.822. The Kier molecular flexibility index (Phi) is 6.42. The monoisotopic (exact) mass is 389 g/mol. The van der Waals surface area contributed by atoms with Crippen molar-refractivity contribution in [3.8, 4) is 11.5 Å². The Morgan fingerprint density at radius 1 is 1.07 bits per heavy atom. The molecule has 1 heterocycles. The number of nitrogens with zero attached hydrogens (tertiary/aromatic N) is 2. The minimum Gasteiger partial charge on any atom is -0.497 e. The van der Waals surface area contributed by atoms with Gasteiger partial charge in [-0.15, -0.1) is 0 Å². The van der Waals surface area contributed by atoms with Gasteiger partial charge in [-0.3, -0.25) is 9.69 Å². The zero-order chi connectivity index (χ0) is 19.2. The van der Waals surface area contributed by atoms with E-state index in [2.05, 4.69) is 15.1 Å². The normalized spacial score (nSPS) is 14.7. The maximum absolute atomic E-state index is 12.5. The zero-order valence-electron chi connectivity index (χ0n) is 15.6. The SMILES string of the molecule is COc1ccc(OC)c(NC(=O)CN2CCN(c3ccccc3Cl)CC2)c1. The van der Waals surface area contributed by atoms with E-state index in [-0.39, 0.29) is 5.91 Å². The van der Waals surface area contributed by atoms with Crippen molar-refractivity contribution in [2.24, 2.45) is 0 Å². The highest BCUT2D eigenvalue weighted by Crippen LogP contribution is 2.29. The molecular weight excluding hydrogens is 366 g/mol. The van der Waals surface area contributed by atoms with Gasteiger partial charge in [0.25, 0.3) is 0 Å². The van der Waals surface area contributed by atoms with Crippen LogP contribution in [-0.2, 0) is 4.79 Å². The lowest BCUT2D eigenvalue weighted by molar-refractivity contribution is -0.117.